The largest absolute Gasteiger partial charge is 0.494 e. The fraction of sp³-hybridized carbons (Fsp3) is 0.625. The van der Waals surface area contributed by atoms with Crippen LogP contribution in [-0.4, -0.2) is 55.6 Å². The van der Waals surface area contributed by atoms with E-state index in [0.717, 1.165) is 31.9 Å². The van der Waals surface area contributed by atoms with Crippen molar-refractivity contribution in [1.29, 1.82) is 0 Å². The van der Waals surface area contributed by atoms with Gasteiger partial charge in [0.15, 0.2) is 0 Å². The molecule has 1 aromatic carbocycles. The van der Waals surface area contributed by atoms with Crippen molar-refractivity contribution in [2.24, 2.45) is 0 Å². The molecular weight excluding hydrogens is 254 g/mol. The molecule has 1 aromatic rings. The van der Waals surface area contributed by atoms with Crippen LogP contribution in [0.5, 0.6) is 5.75 Å². The van der Waals surface area contributed by atoms with E-state index in [9.17, 15) is 5.11 Å². The number of aryl methyl sites for hydroxylation is 2. The Balaban J connectivity index is 1.73. The highest BCUT2D eigenvalue weighted by Gasteiger charge is 2.21. The molecule has 0 radical (unpaired) electrons. The molecule has 0 aliphatic carbocycles. The van der Waals surface area contributed by atoms with Gasteiger partial charge in [-0.05, 0) is 43.5 Å². The fourth-order valence-electron chi connectivity index (χ4n) is 2.63. The fourth-order valence-corrected chi connectivity index (χ4v) is 2.63. The molecule has 1 fully saturated rings. The van der Waals surface area contributed by atoms with Gasteiger partial charge in [-0.1, -0.05) is 6.07 Å². The standard InChI is InChI=1S/C16H25NO3/c1-13-8-14(2)10-16(9-13)20-6-3-4-17-5-7-19-12-15(17)11-18/h8-10,15,18H,3-7,11-12H2,1-2H3. The van der Waals surface area contributed by atoms with Crippen LogP contribution < -0.4 is 4.74 Å². The molecule has 0 saturated carbocycles. The Bertz CT molecular complexity index is 402. The maximum absolute atomic E-state index is 9.30. The Labute approximate surface area is 121 Å². The second kappa shape index (κ2) is 7.62. The highest BCUT2D eigenvalue weighted by atomic mass is 16.5. The van der Waals surface area contributed by atoms with Crippen LogP contribution >= 0.6 is 0 Å². The summed E-state index contributed by atoms with van der Waals surface area (Å²) in [6.45, 7) is 8.27. The predicted molar refractivity (Wildman–Crippen MR) is 79.3 cm³/mol. The van der Waals surface area contributed by atoms with Gasteiger partial charge < -0.3 is 14.6 Å². The van der Waals surface area contributed by atoms with Crippen LogP contribution in [-0.2, 0) is 4.74 Å². The first-order valence-corrected chi connectivity index (χ1v) is 7.33. The summed E-state index contributed by atoms with van der Waals surface area (Å²) in [6.07, 6.45) is 0.962. The summed E-state index contributed by atoms with van der Waals surface area (Å²) in [7, 11) is 0. The Morgan fingerprint density at radius 2 is 2.05 bits per heavy atom. The predicted octanol–water partition coefficient (Wildman–Crippen LogP) is 1.77. The smallest absolute Gasteiger partial charge is 0.119 e. The van der Waals surface area contributed by atoms with E-state index in [1.807, 2.05) is 0 Å². The third-order valence-electron chi connectivity index (χ3n) is 3.61. The van der Waals surface area contributed by atoms with Gasteiger partial charge in [0, 0.05) is 13.1 Å². The van der Waals surface area contributed by atoms with E-state index in [-0.39, 0.29) is 12.6 Å². The highest BCUT2D eigenvalue weighted by Crippen LogP contribution is 2.16. The topological polar surface area (TPSA) is 41.9 Å². The molecule has 4 nitrogen and oxygen atoms in total. The molecule has 20 heavy (non-hydrogen) atoms. The number of benzene rings is 1. The Morgan fingerprint density at radius 1 is 1.30 bits per heavy atom. The summed E-state index contributed by atoms with van der Waals surface area (Å²) in [5.41, 5.74) is 2.46. The van der Waals surface area contributed by atoms with Crippen LogP contribution in [0.4, 0.5) is 0 Å². The Morgan fingerprint density at radius 3 is 2.75 bits per heavy atom. The zero-order valence-corrected chi connectivity index (χ0v) is 12.5. The van der Waals surface area contributed by atoms with Crippen molar-refractivity contribution < 1.29 is 14.6 Å². The summed E-state index contributed by atoms with van der Waals surface area (Å²) >= 11 is 0. The Hall–Kier alpha value is -1.10. The van der Waals surface area contributed by atoms with E-state index in [0.29, 0.717) is 13.2 Å². The van der Waals surface area contributed by atoms with Gasteiger partial charge in [0.2, 0.25) is 0 Å². The molecule has 112 valence electrons. The number of aliphatic hydroxyl groups is 1. The molecule has 1 atom stereocenters. The van der Waals surface area contributed by atoms with Gasteiger partial charge in [-0.15, -0.1) is 0 Å². The summed E-state index contributed by atoms with van der Waals surface area (Å²) in [5, 5.41) is 9.30. The van der Waals surface area contributed by atoms with Crippen molar-refractivity contribution in [3.05, 3.63) is 29.3 Å². The number of ether oxygens (including phenoxy) is 2. The van der Waals surface area contributed by atoms with Crippen molar-refractivity contribution >= 4 is 0 Å². The van der Waals surface area contributed by atoms with E-state index in [1.54, 1.807) is 0 Å². The molecule has 4 heteroatoms. The zero-order valence-electron chi connectivity index (χ0n) is 12.5. The average Bonchev–Trinajstić information content (AvgIpc) is 2.43. The molecule has 1 heterocycles. The maximum atomic E-state index is 9.30. The maximum Gasteiger partial charge on any atom is 0.119 e. The van der Waals surface area contributed by atoms with E-state index >= 15 is 0 Å². The molecule has 2 rings (SSSR count). The molecule has 1 unspecified atom stereocenters. The van der Waals surface area contributed by atoms with Crippen molar-refractivity contribution in [3.8, 4) is 5.75 Å². The molecule has 0 spiro atoms. The average molecular weight is 279 g/mol. The van der Waals surface area contributed by atoms with Crippen LogP contribution in [0.1, 0.15) is 17.5 Å². The van der Waals surface area contributed by atoms with E-state index in [4.69, 9.17) is 9.47 Å². The van der Waals surface area contributed by atoms with Gasteiger partial charge >= 0.3 is 0 Å². The summed E-state index contributed by atoms with van der Waals surface area (Å²) in [6, 6.07) is 6.42. The van der Waals surface area contributed by atoms with Gasteiger partial charge in [0.1, 0.15) is 5.75 Å². The molecule has 1 saturated heterocycles. The minimum atomic E-state index is 0.143. The second-order valence-electron chi connectivity index (χ2n) is 5.47. The molecular formula is C16H25NO3. The minimum absolute atomic E-state index is 0.143. The van der Waals surface area contributed by atoms with Crippen LogP contribution in [0, 0.1) is 13.8 Å². The van der Waals surface area contributed by atoms with Crippen molar-refractivity contribution in [2.75, 3.05) is 39.5 Å². The van der Waals surface area contributed by atoms with E-state index in [2.05, 4.69) is 36.9 Å². The third-order valence-corrected chi connectivity index (χ3v) is 3.61. The summed E-state index contributed by atoms with van der Waals surface area (Å²) in [4.78, 5) is 2.29. The number of hydrogen-bond donors (Lipinski definition) is 1. The lowest BCUT2D eigenvalue weighted by Gasteiger charge is -2.34. The molecule has 0 aromatic heterocycles. The quantitative estimate of drug-likeness (QED) is 0.806. The van der Waals surface area contributed by atoms with Crippen LogP contribution in [0.3, 0.4) is 0 Å². The van der Waals surface area contributed by atoms with Crippen LogP contribution in [0.25, 0.3) is 0 Å². The SMILES string of the molecule is Cc1cc(C)cc(OCCCN2CCOCC2CO)c1. The van der Waals surface area contributed by atoms with E-state index in [1.165, 1.54) is 11.1 Å². The number of morpholine rings is 1. The molecule has 1 N–H and O–H groups in total. The minimum Gasteiger partial charge on any atom is -0.494 e. The van der Waals surface area contributed by atoms with Crippen LogP contribution in [0.2, 0.25) is 0 Å². The van der Waals surface area contributed by atoms with E-state index < -0.39 is 0 Å². The zero-order chi connectivity index (χ0) is 14.4. The van der Waals surface area contributed by atoms with Crippen molar-refractivity contribution in [3.63, 3.8) is 0 Å². The van der Waals surface area contributed by atoms with Crippen molar-refractivity contribution in [1.82, 2.24) is 4.90 Å². The number of hydrogen-bond acceptors (Lipinski definition) is 4. The second-order valence-corrected chi connectivity index (χ2v) is 5.47. The van der Waals surface area contributed by atoms with Crippen molar-refractivity contribution in [2.45, 2.75) is 26.3 Å². The lowest BCUT2D eigenvalue weighted by atomic mass is 10.1. The monoisotopic (exact) mass is 279 g/mol. The molecule has 1 aliphatic rings. The first-order valence-electron chi connectivity index (χ1n) is 7.33. The number of nitrogens with zero attached hydrogens (tertiary/aromatic N) is 1. The number of aliphatic hydroxyl groups excluding tert-OH is 1. The normalized spacial score (nSPS) is 20.1. The summed E-state index contributed by atoms with van der Waals surface area (Å²) < 4.78 is 11.2. The first-order chi connectivity index (χ1) is 9.69. The third kappa shape index (κ3) is 4.47. The lowest BCUT2D eigenvalue weighted by Crippen LogP contribution is -2.47. The first kappa shape index (κ1) is 15.3. The van der Waals surface area contributed by atoms with Gasteiger partial charge in [-0.3, -0.25) is 4.90 Å². The van der Waals surface area contributed by atoms with Gasteiger partial charge in [0.05, 0.1) is 32.5 Å². The molecule has 0 bridgehead atoms. The van der Waals surface area contributed by atoms with Crippen LogP contribution in [0.15, 0.2) is 18.2 Å². The summed E-state index contributed by atoms with van der Waals surface area (Å²) in [5.74, 6) is 0.947. The Kier molecular flexibility index (Phi) is 5.83. The molecule has 0 amide bonds. The lowest BCUT2D eigenvalue weighted by molar-refractivity contribution is -0.0287. The van der Waals surface area contributed by atoms with Gasteiger partial charge in [-0.25, -0.2) is 0 Å². The highest BCUT2D eigenvalue weighted by molar-refractivity contribution is 5.32. The number of rotatable bonds is 6. The molecule has 1 aliphatic heterocycles. The van der Waals surface area contributed by atoms with Gasteiger partial charge in [0.25, 0.3) is 0 Å². The van der Waals surface area contributed by atoms with Gasteiger partial charge in [-0.2, -0.15) is 0 Å².